The number of piperidine rings is 1. The van der Waals surface area contributed by atoms with Crippen molar-refractivity contribution >= 4 is 5.91 Å². The number of carbonyl (C=O) groups is 1. The average Bonchev–Trinajstić information content (AvgIpc) is 2.68. The van der Waals surface area contributed by atoms with Gasteiger partial charge in [-0.3, -0.25) is 10.2 Å². The van der Waals surface area contributed by atoms with E-state index in [4.69, 9.17) is 4.74 Å². The number of rotatable bonds is 5. The van der Waals surface area contributed by atoms with E-state index in [1.165, 1.54) is 6.20 Å². The zero-order chi connectivity index (χ0) is 20.1. The minimum atomic E-state index is -4.44. The van der Waals surface area contributed by atoms with Crippen molar-refractivity contribution in [3.8, 4) is 5.88 Å². The van der Waals surface area contributed by atoms with Crippen LogP contribution < -0.4 is 10.2 Å². The zero-order valence-electron chi connectivity index (χ0n) is 15.7. The summed E-state index contributed by atoms with van der Waals surface area (Å²) in [5.41, 5.74) is 3.66. The Balaban J connectivity index is 1.75. The van der Waals surface area contributed by atoms with E-state index in [0.717, 1.165) is 32.1 Å². The molecule has 2 N–H and O–H groups in total. The number of alkyl halides is 3. The van der Waals surface area contributed by atoms with Gasteiger partial charge in [-0.1, -0.05) is 19.3 Å². The van der Waals surface area contributed by atoms with Gasteiger partial charge < -0.3 is 9.84 Å². The van der Waals surface area contributed by atoms with E-state index >= 15 is 0 Å². The van der Waals surface area contributed by atoms with Crippen molar-refractivity contribution in [3.05, 3.63) is 23.4 Å². The monoisotopic (exact) mass is 401 g/mol. The molecule has 0 radical (unpaired) electrons. The highest BCUT2D eigenvalue weighted by atomic mass is 19.4. The summed E-state index contributed by atoms with van der Waals surface area (Å²) < 4.78 is 42.7. The van der Waals surface area contributed by atoms with Crippen LogP contribution in [0.3, 0.4) is 0 Å². The normalized spacial score (nSPS) is 20.1. The van der Waals surface area contributed by atoms with Crippen molar-refractivity contribution in [2.24, 2.45) is 0 Å². The van der Waals surface area contributed by atoms with Crippen molar-refractivity contribution in [2.75, 3.05) is 19.7 Å². The molecular formula is C19H26F3N3O3. The van der Waals surface area contributed by atoms with Crippen LogP contribution in [0.5, 0.6) is 5.88 Å². The number of nitrogens with one attached hydrogen (secondary N) is 1. The van der Waals surface area contributed by atoms with Crippen molar-refractivity contribution in [1.29, 1.82) is 0 Å². The van der Waals surface area contributed by atoms with Crippen LogP contribution in [0, 0.1) is 0 Å². The molecule has 1 aliphatic heterocycles. The molecule has 2 aliphatic rings. The second-order valence-corrected chi connectivity index (χ2v) is 7.52. The third kappa shape index (κ3) is 5.81. The van der Waals surface area contributed by atoms with Crippen LogP contribution in [0.25, 0.3) is 0 Å². The van der Waals surface area contributed by atoms with Crippen molar-refractivity contribution < 1.29 is 27.8 Å². The quantitative estimate of drug-likeness (QED) is 0.793. The molecule has 9 heteroatoms. The summed E-state index contributed by atoms with van der Waals surface area (Å²) in [6.45, 7) is -0.313. The van der Waals surface area contributed by atoms with Crippen molar-refractivity contribution in [1.82, 2.24) is 15.4 Å². The Morgan fingerprint density at radius 2 is 1.89 bits per heavy atom. The van der Waals surface area contributed by atoms with E-state index in [1.54, 1.807) is 11.1 Å². The molecule has 0 aromatic carbocycles. The maximum Gasteiger partial charge on any atom is 0.422 e. The van der Waals surface area contributed by atoms with E-state index < -0.39 is 12.8 Å². The second-order valence-electron chi connectivity index (χ2n) is 7.52. The van der Waals surface area contributed by atoms with Gasteiger partial charge in [0.2, 0.25) is 5.88 Å². The highest BCUT2D eigenvalue weighted by Gasteiger charge is 2.30. The molecule has 1 aromatic rings. The van der Waals surface area contributed by atoms with Crippen LogP contribution in [-0.2, 0) is 0 Å². The number of amides is 1. The SMILES string of the molecule is O=C(NN1CCC(O)CC1)c1cnc(OCC(F)(F)F)c(C2CCCCC2)c1. The second kappa shape index (κ2) is 9.09. The third-order valence-corrected chi connectivity index (χ3v) is 5.28. The number of carbonyl (C=O) groups excluding carboxylic acids is 1. The predicted octanol–water partition coefficient (Wildman–Crippen LogP) is 3.17. The summed E-state index contributed by atoms with van der Waals surface area (Å²) in [6, 6.07) is 1.61. The molecule has 28 heavy (non-hydrogen) atoms. The van der Waals surface area contributed by atoms with Crippen LogP contribution in [0.1, 0.15) is 66.8 Å². The predicted molar refractivity (Wildman–Crippen MR) is 95.9 cm³/mol. The first-order valence-corrected chi connectivity index (χ1v) is 9.75. The Bertz CT molecular complexity index is 670. The molecule has 1 aliphatic carbocycles. The lowest BCUT2D eigenvalue weighted by Gasteiger charge is -2.29. The summed E-state index contributed by atoms with van der Waals surface area (Å²) in [4.78, 5) is 16.6. The summed E-state index contributed by atoms with van der Waals surface area (Å²) in [5.74, 6) is -0.354. The first-order valence-electron chi connectivity index (χ1n) is 9.75. The average molecular weight is 401 g/mol. The number of hydrogen-bond donors (Lipinski definition) is 2. The lowest BCUT2D eigenvalue weighted by Crippen LogP contribution is -2.47. The molecule has 156 valence electrons. The van der Waals surface area contributed by atoms with Crippen LogP contribution in [-0.4, -0.2) is 53.0 Å². The Labute approximate surface area is 162 Å². The molecular weight excluding hydrogens is 375 g/mol. The number of aliphatic hydroxyl groups is 1. The largest absolute Gasteiger partial charge is 0.468 e. The first-order chi connectivity index (χ1) is 13.3. The highest BCUT2D eigenvalue weighted by molar-refractivity contribution is 5.93. The lowest BCUT2D eigenvalue weighted by atomic mass is 9.84. The summed E-state index contributed by atoms with van der Waals surface area (Å²) in [7, 11) is 0. The molecule has 6 nitrogen and oxygen atoms in total. The van der Waals surface area contributed by atoms with E-state index in [1.807, 2.05) is 0 Å². The van der Waals surface area contributed by atoms with Crippen molar-refractivity contribution in [3.63, 3.8) is 0 Å². The molecule has 1 amide bonds. The van der Waals surface area contributed by atoms with Gasteiger partial charge >= 0.3 is 6.18 Å². The van der Waals surface area contributed by atoms with E-state index in [0.29, 0.717) is 37.1 Å². The minimum Gasteiger partial charge on any atom is -0.468 e. The maximum absolute atomic E-state index is 12.6. The van der Waals surface area contributed by atoms with Crippen LogP contribution in [0.2, 0.25) is 0 Å². The Kier molecular flexibility index (Phi) is 6.77. The van der Waals surface area contributed by atoms with Crippen LogP contribution >= 0.6 is 0 Å². The van der Waals surface area contributed by atoms with Crippen LogP contribution in [0.4, 0.5) is 13.2 Å². The van der Waals surface area contributed by atoms with Gasteiger partial charge in [0.25, 0.3) is 5.91 Å². The van der Waals surface area contributed by atoms with Gasteiger partial charge in [0, 0.05) is 24.8 Å². The number of aliphatic hydroxyl groups excluding tert-OH is 1. The fourth-order valence-electron chi connectivity index (χ4n) is 3.76. The number of hydrazine groups is 1. The Morgan fingerprint density at radius 1 is 1.21 bits per heavy atom. The maximum atomic E-state index is 12.6. The standard InChI is InChI=1S/C19H26F3N3O3/c20-19(21,22)12-28-18-16(13-4-2-1-3-5-13)10-14(11-23-18)17(27)24-25-8-6-15(26)7-9-25/h10-11,13,15,26H,1-9,12H2,(H,24,27). The van der Waals surface area contributed by atoms with E-state index in [-0.39, 0.29) is 23.8 Å². The molecule has 0 atom stereocenters. The first kappa shape index (κ1) is 20.9. The Morgan fingerprint density at radius 3 is 2.54 bits per heavy atom. The smallest absolute Gasteiger partial charge is 0.422 e. The summed E-state index contributed by atoms with van der Waals surface area (Å²) in [5, 5.41) is 11.3. The molecule has 2 fully saturated rings. The number of ether oxygens (including phenoxy) is 1. The number of halogens is 3. The fourth-order valence-corrected chi connectivity index (χ4v) is 3.76. The molecule has 0 unspecified atom stereocenters. The van der Waals surface area contributed by atoms with Crippen LogP contribution in [0.15, 0.2) is 12.3 Å². The number of aromatic nitrogens is 1. The summed E-state index contributed by atoms with van der Waals surface area (Å²) in [6.07, 6.45) is 2.41. The number of pyridine rings is 1. The third-order valence-electron chi connectivity index (χ3n) is 5.28. The van der Waals surface area contributed by atoms with E-state index in [2.05, 4.69) is 10.4 Å². The molecule has 0 spiro atoms. The van der Waals surface area contributed by atoms with Crippen molar-refractivity contribution in [2.45, 2.75) is 63.1 Å². The fraction of sp³-hybridized carbons (Fsp3) is 0.684. The molecule has 1 saturated heterocycles. The van der Waals surface area contributed by atoms with E-state index in [9.17, 15) is 23.1 Å². The highest BCUT2D eigenvalue weighted by Crippen LogP contribution is 2.37. The molecule has 1 aromatic heterocycles. The topological polar surface area (TPSA) is 74.7 Å². The zero-order valence-corrected chi connectivity index (χ0v) is 15.7. The number of nitrogens with zero attached hydrogens (tertiary/aromatic N) is 2. The molecule has 3 rings (SSSR count). The molecule has 2 heterocycles. The van der Waals surface area contributed by atoms with Gasteiger partial charge in [0.15, 0.2) is 6.61 Å². The van der Waals surface area contributed by atoms with Gasteiger partial charge in [-0.05, 0) is 37.7 Å². The Hall–Kier alpha value is -1.87. The van der Waals surface area contributed by atoms with Gasteiger partial charge in [-0.25, -0.2) is 9.99 Å². The van der Waals surface area contributed by atoms with Gasteiger partial charge in [0.05, 0.1) is 11.7 Å². The van der Waals surface area contributed by atoms with Gasteiger partial charge in [-0.2, -0.15) is 13.2 Å². The minimum absolute atomic E-state index is 0.0399. The number of hydrogen-bond acceptors (Lipinski definition) is 5. The molecule has 1 saturated carbocycles. The van der Waals surface area contributed by atoms with Gasteiger partial charge in [-0.15, -0.1) is 0 Å². The summed E-state index contributed by atoms with van der Waals surface area (Å²) >= 11 is 0. The lowest BCUT2D eigenvalue weighted by molar-refractivity contribution is -0.154. The molecule has 0 bridgehead atoms. The van der Waals surface area contributed by atoms with Gasteiger partial charge in [0.1, 0.15) is 0 Å².